The summed E-state index contributed by atoms with van der Waals surface area (Å²) in [5.41, 5.74) is 6.19. The molecule has 0 atom stereocenters. The normalized spacial score (nSPS) is 10.3. The number of ether oxygens (including phenoxy) is 1. The SMILES string of the molecule is CCOc1ccccc1NC(=O)CCSc1nnc(N)s1. The van der Waals surface area contributed by atoms with E-state index in [4.69, 9.17) is 10.5 Å². The van der Waals surface area contributed by atoms with Crippen LogP contribution in [0.4, 0.5) is 10.8 Å². The van der Waals surface area contributed by atoms with Crippen LogP contribution in [-0.2, 0) is 4.79 Å². The van der Waals surface area contributed by atoms with Crippen LogP contribution in [0, 0.1) is 0 Å². The zero-order chi connectivity index (χ0) is 15.1. The number of rotatable bonds is 7. The van der Waals surface area contributed by atoms with E-state index in [0.29, 0.717) is 35.3 Å². The molecule has 1 aromatic carbocycles. The van der Waals surface area contributed by atoms with E-state index in [0.717, 1.165) is 4.34 Å². The topological polar surface area (TPSA) is 90.1 Å². The molecule has 0 radical (unpaired) electrons. The first kappa shape index (κ1) is 15.6. The Morgan fingerprint density at radius 1 is 1.43 bits per heavy atom. The molecule has 2 rings (SSSR count). The van der Waals surface area contributed by atoms with Crippen LogP contribution in [0.15, 0.2) is 28.6 Å². The minimum absolute atomic E-state index is 0.0628. The van der Waals surface area contributed by atoms with Gasteiger partial charge in [0.05, 0.1) is 12.3 Å². The van der Waals surface area contributed by atoms with Crippen LogP contribution in [0.25, 0.3) is 0 Å². The maximum absolute atomic E-state index is 11.9. The van der Waals surface area contributed by atoms with Crippen molar-refractivity contribution in [3.05, 3.63) is 24.3 Å². The number of nitrogens with two attached hydrogens (primary N) is 1. The number of aromatic nitrogens is 2. The fourth-order valence-corrected chi connectivity index (χ4v) is 3.22. The van der Waals surface area contributed by atoms with Crippen molar-refractivity contribution < 1.29 is 9.53 Å². The highest BCUT2D eigenvalue weighted by Gasteiger charge is 2.08. The van der Waals surface area contributed by atoms with E-state index in [9.17, 15) is 4.79 Å². The van der Waals surface area contributed by atoms with E-state index in [2.05, 4.69) is 15.5 Å². The predicted molar refractivity (Wildman–Crippen MR) is 85.9 cm³/mol. The molecule has 3 N–H and O–H groups in total. The highest BCUT2D eigenvalue weighted by molar-refractivity contribution is 8.01. The Balaban J connectivity index is 1.81. The molecule has 1 heterocycles. The lowest BCUT2D eigenvalue weighted by atomic mass is 10.3. The largest absolute Gasteiger partial charge is 0.492 e. The van der Waals surface area contributed by atoms with Gasteiger partial charge in [-0.3, -0.25) is 4.79 Å². The van der Waals surface area contributed by atoms with Crippen molar-refractivity contribution in [3.8, 4) is 5.75 Å². The third-order valence-corrected chi connectivity index (χ3v) is 4.33. The van der Waals surface area contributed by atoms with E-state index in [1.165, 1.54) is 23.1 Å². The Hall–Kier alpha value is -1.80. The smallest absolute Gasteiger partial charge is 0.225 e. The molecule has 0 fully saturated rings. The monoisotopic (exact) mass is 324 g/mol. The highest BCUT2D eigenvalue weighted by Crippen LogP contribution is 2.26. The number of thioether (sulfide) groups is 1. The van der Waals surface area contributed by atoms with Gasteiger partial charge in [0.2, 0.25) is 11.0 Å². The number of nitrogen functional groups attached to an aromatic ring is 1. The van der Waals surface area contributed by atoms with Gasteiger partial charge in [0.25, 0.3) is 0 Å². The number of hydrogen-bond acceptors (Lipinski definition) is 7. The molecule has 8 heteroatoms. The minimum Gasteiger partial charge on any atom is -0.492 e. The van der Waals surface area contributed by atoms with Crippen molar-refractivity contribution in [2.24, 2.45) is 0 Å². The van der Waals surface area contributed by atoms with Crippen molar-refractivity contribution in [3.63, 3.8) is 0 Å². The lowest BCUT2D eigenvalue weighted by Gasteiger charge is -2.10. The number of amides is 1. The summed E-state index contributed by atoms with van der Waals surface area (Å²) in [4.78, 5) is 11.9. The Morgan fingerprint density at radius 3 is 2.95 bits per heavy atom. The van der Waals surface area contributed by atoms with Crippen molar-refractivity contribution >= 4 is 39.8 Å². The summed E-state index contributed by atoms with van der Waals surface area (Å²) in [6, 6.07) is 7.38. The van der Waals surface area contributed by atoms with Crippen molar-refractivity contribution in [1.82, 2.24) is 10.2 Å². The molecule has 2 aromatic rings. The number of carbonyl (C=O) groups is 1. The number of para-hydroxylation sites is 2. The fourth-order valence-electron chi connectivity index (χ4n) is 1.57. The third-order valence-electron chi connectivity index (χ3n) is 2.44. The molecule has 1 amide bonds. The molecule has 112 valence electrons. The minimum atomic E-state index is -0.0628. The van der Waals surface area contributed by atoms with Crippen LogP contribution < -0.4 is 15.8 Å². The molecule has 0 aliphatic rings. The van der Waals surface area contributed by atoms with Gasteiger partial charge in [-0.1, -0.05) is 35.2 Å². The number of benzene rings is 1. The first-order valence-corrected chi connectivity index (χ1v) is 8.22. The average molecular weight is 324 g/mol. The van der Waals surface area contributed by atoms with Crippen LogP contribution in [0.5, 0.6) is 5.75 Å². The van der Waals surface area contributed by atoms with Gasteiger partial charge in [0, 0.05) is 12.2 Å². The van der Waals surface area contributed by atoms with Crippen LogP contribution in [-0.4, -0.2) is 28.5 Å². The van der Waals surface area contributed by atoms with Gasteiger partial charge >= 0.3 is 0 Å². The molecular formula is C13H16N4O2S2. The number of nitrogens with zero attached hydrogens (tertiary/aromatic N) is 2. The van der Waals surface area contributed by atoms with Crippen molar-refractivity contribution in [2.45, 2.75) is 17.7 Å². The molecule has 0 aliphatic heterocycles. The first-order valence-electron chi connectivity index (χ1n) is 6.42. The summed E-state index contributed by atoms with van der Waals surface area (Å²) in [5, 5.41) is 10.9. The van der Waals surface area contributed by atoms with Crippen LogP contribution in [0.3, 0.4) is 0 Å². The Bertz CT molecular complexity index is 603. The van der Waals surface area contributed by atoms with Gasteiger partial charge in [0.15, 0.2) is 4.34 Å². The standard InChI is InChI=1S/C13H16N4O2S2/c1-2-19-10-6-4-3-5-9(10)15-11(18)7-8-20-13-17-16-12(14)21-13/h3-6H,2,7-8H2,1H3,(H2,14,16)(H,15,18). The summed E-state index contributed by atoms with van der Waals surface area (Å²) >= 11 is 2.79. The van der Waals surface area contributed by atoms with E-state index in [1.54, 1.807) is 0 Å². The fraction of sp³-hybridized carbons (Fsp3) is 0.308. The molecule has 21 heavy (non-hydrogen) atoms. The molecule has 0 aliphatic carbocycles. The first-order chi connectivity index (χ1) is 10.2. The summed E-state index contributed by atoms with van der Waals surface area (Å²) in [7, 11) is 0. The molecule has 0 spiro atoms. The molecule has 6 nitrogen and oxygen atoms in total. The Morgan fingerprint density at radius 2 is 2.24 bits per heavy atom. The van der Waals surface area contributed by atoms with Gasteiger partial charge in [-0.2, -0.15) is 0 Å². The van der Waals surface area contributed by atoms with Crippen LogP contribution in [0.1, 0.15) is 13.3 Å². The maximum Gasteiger partial charge on any atom is 0.225 e. The van der Waals surface area contributed by atoms with Gasteiger partial charge in [-0.15, -0.1) is 10.2 Å². The number of hydrogen-bond donors (Lipinski definition) is 2. The number of carbonyl (C=O) groups excluding carboxylic acids is 1. The molecule has 1 aromatic heterocycles. The van der Waals surface area contributed by atoms with E-state index >= 15 is 0 Å². The lowest BCUT2D eigenvalue weighted by Crippen LogP contribution is -2.13. The van der Waals surface area contributed by atoms with Crippen molar-refractivity contribution in [1.29, 1.82) is 0 Å². The third kappa shape index (κ3) is 4.91. The Labute approximate surface area is 131 Å². The summed E-state index contributed by atoms with van der Waals surface area (Å²) in [5.74, 6) is 1.24. The second-order valence-electron chi connectivity index (χ2n) is 3.98. The second kappa shape index (κ2) is 7.84. The lowest BCUT2D eigenvalue weighted by molar-refractivity contribution is -0.115. The highest BCUT2D eigenvalue weighted by atomic mass is 32.2. The number of nitrogens with one attached hydrogen (secondary N) is 1. The van der Waals surface area contributed by atoms with E-state index in [1.807, 2.05) is 31.2 Å². The Kier molecular flexibility index (Phi) is 5.82. The molecule has 0 saturated heterocycles. The maximum atomic E-state index is 11.9. The summed E-state index contributed by atoms with van der Waals surface area (Å²) in [6.07, 6.45) is 0.380. The molecular weight excluding hydrogens is 308 g/mol. The van der Waals surface area contributed by atoms with Gasteiger partial charge in [-0.25, -0.2) is 0 Å². The average Bonchev–Trinajstić information content (AvgIpc) is 2.87. The zero-order valence-electron chi connectivity index (χ0n) is 11.5. The van der Waals surface area contributed by atoms with Crippen molar-refractivity contribution in [2.75, 3.05) is 23.4 Å². The molecule has 0 bridgehead atoms. The molecule has 0 unspecified atom stereocenters. The zero-order valence-corrected chi connectivity index (χ0v) is 13.2. The van der Waals surface area contributed by atoms with Gasteiger partial charge in [-0.05, 0) is 19.1 Å². The molecule has 0 saturated carbocycles. The predicted octanol–water partition coefficient (Wildman–Crippen LogP) is 2.64. The second-order valence-corrected chi connectivity index (χ2v) is 6.33. The number of anilines is 2. The van der Waals surface area contributed by atoms with Crippen LogP contribution >= 0.6 is 23.1 Å². The summed E-state index contributed by atoms with van der Waals surface area (Å²) < 4.78 is 6.24. The van der Waals surface area contributed by atoms with Gasteiger partial charge in [0.1, 0.15) is 5.75 Å². The van der Waals surface area contributed by atoms with E-state index in [-0.39, 0.29) is 5.91 Å². The van der Waals surface area contributed by atoms with Gasteiger partial charge < -0.3 is 15.8 Å². The van der Waals surface area contributed by atoms with E-state index < -0.39 is 0 Å². The quantitative estimate of drug-likeness (QED) is 0.761. The van der Waals surface area contributed by atoms with Crippen LogP contribution in [0.2, 0.25) is 0 Å². The summed E-state index contributed by atoms with van der Waals surface area (Å²) in [6.45, 7) is 2.46.